The van der Waals surface area contributed by atoms with E-state index in [1.165, 1.54) is 11.1 Å². The summed E-state index contributed by atoms with van der Waals surface area (Å²) in [5.74, 6) is 2.61. The Kier molecular flexibility index (Phi) is 4.75. The van der Waals surface area contributed by atoms with Crippen molar-refractivity contribution in [2.75, 3.05) is 7.11 Å². The van der Waals surface area contributed by atoms with Gasteiger partial charge in [0.15, 0.2) is 0 Å². The number of benzene rings is 2. The van der Waals surface area contributed by atoms with Gasteiger partial charge in [-0.1, -0.05) is 54.2 Å². The highest BCUT2D eigenvalue weighted by molar-refractivity contribution is 7.98. The maximum absolute atomic E-state index is 5.16. The van der Waals surface area contributed by atoms with E-state index in [9.17, 15) is 0 Å². The summed E-state index contributed by atoms with van der Waals surface area (Å²) in [6.07, 6.45) is 0.739. The van der Waals surface area contributed by atoms with Crippen LogP contribution < -0.4 is 4.74 Å². The molecule has 0 atom stereocenters. The van der Waals surface area contributed by atoms with Crippen molar-refractivity contribution < 1.29 is 4.74 Å². The van der Waals surface area contributed by atoms with Crippen molar-refractivity contribution in [3.63, 3.8) is 0 Å². The molecule has 0 aliphatic carbocycles. The highest BCUT2D eigenvalue weighted by Crippen LogP contribution is 2.19. The highest BCUT2D eigenvalue weighted by atomic mass is 32.2. The average molecular weight is 311 g/mol. The number of thioether (sulfide) groups is 1. The second-order valence-corrected chi connectivity index (χ2v) is 5.81. The average Bonchev–Trinajstić information content (AvgIpc) is 3.02. The van der Waals surface area contributed by atoms with Gasteiger partial charge < -0.3 is 4.74 Å². The molecule has 1 aromatic heterocycles. The number of ether oxygens (including phenoxy) is 1. The number of aromatic nitrogens is 3. The monoisotopic (exact) mass is 311 g/mol. The van der Waals surface area contributed by atoms with E-state index in [4.69, 9.17) is 4.74 Å². The molecule has 3 rings (SSSR count). The Bertz CT molecular complexity index is 710. The predicted octanol–water partition coefficient (Wildman–Crippen LogP) is 3.70. The lowest BCUT2D eigenvalue weighted by atomic mass is 10.1. The van der Waals surface area contributed by atoms with Gasteiger partial charge in [-0.3, -0.25) is 5.10 Å². The Balaban J connectivity index is 1.58. The molecule has 5 heteroatoms. The molecule has 0 aliphatic heterocycles. The minimum Gasteiger partial charge on any atom is -0.497 e. The molecule has 4 nitrogen and oxygen atoms in total. The number of hydrogen-bond donors (Lipinski definition) is 1. The second-order valence-electron chi connectivity index (χ2n) is 4.86. The molecule has 0 fully saturated rings. The Morgan fingerprint density at radius 1 is 1.00 bits per heavy atom. The van der Waals surface area contributed by atoms with Gasteiger partial charge >= 0.3 is 0 Å². The molecule has 2 aromatic carbocycles. The number of rotatable bonds is 6. The fourth-order valence-corrected chi connectivity index (χ4v) is 2.85. The molecule has 22 heavy (non-hydrogen) atoms. The van der Waals surface area contributed by atoms with E-state index in [1.54, 1.807) is 18.9 Å². The van der Waals surface area contributed by atoms with Crippen LogP contribution in [0.3, 0.4) is 0 Å². The fourth-order valence-electron chi connectivity index (χ4n) is 2.08. The van der Waals surface area contributed by atoms with Gasteiger partial charge in [0.25, 0.3) is 0 Å². The molecule has 1 heterocycles. The molecule has 112 valence electrons. The van der Waals surface area contributed by atoms with Crippen molar-refractivity contribution in [2.45, 2.75) is 17.3 Å². The van der Waals surface area contributed by atoms with Crippen molar-refractivity contribution in [3.8, 4) is 5.75 Å². The number of H-pyrrole nitrogens is 1. The molecule has 1 N–H and O–H groups in total. The third-order valence-electron chi connectivity index (χ3n) is 3.25. The maximum atomic E-state index is 5.16. The van der Waals surface area contributed by atoms with Crippen LogP contribution in [-0.2, 0) is 12.2 Å². The molecule has 3 aromatic rings. The Morgan fingerprint density at radius 3 is 2.50 bits per heavy atom. The molecule has 0 radical (unpaired) electrons. The number of aromatic amines is 1. The van der Waals surface area contributed by atoms with E-state index in [2.05, 4.69) is 27.3 Å². The first-order valence-corrected chi connectivity index (χ1v) is 8.03. The lowest BCUT2D eigenvalue weighted by Gasteiger charge is -2.01. The summed E-state index contributed by atoms with van der Waals surface area (Å²) in [5, 5.41) is 8.05. The summed E-state index contributed by atoms with van der Waals surface area (Å²) in [4.78, 5) is 4.53. The zero-order valence-electron chi connectivity index (χ0n) is 12.3. The van der Waals surface area contributed by atoms with E-state index in [0.717, 1.165) is 28.9 Å². The lowest BCUT2D eigenvalue weighted by molar-refractivity contribution is 0.414. The van der Waals surface area contributed by atoms with E-state index < -0.39 is 0 Å². The molecular weight excluding hydrogens is 294 g/mol. The maximum Gasteiger partial charge on any atom is 0.208 e. The number of hydrogen-bond acceptors (Lipinski definition) is 4. The standard InChI is InChI=1S/C17H17N3OS/c1-21-15-9-7-13(8-10-15)11-16-18-17(20-19-16)22-12-14-5-3-2-4-6-14/h2-10H,11-12H2,1H3,(H,18,19,20). The van der Waals surface area contributed by atoms with E-state index in [-0.39, 0.29) is 0 Å². The predicted molar refractivity (Wildman–Crippen MR) is 88.2 cm³/mol. The number of nitrogens with zero attached hydrogens (tertiary/aromatic N) is 2. The number of nitrogens with one attached hydrogen (secondary N) is 1. The van der Waals surface area contributed by atoms with Crippen LogP contribution in [0.5, 0.6) is 5.75 Å². The van der Waals surface area contributed by atoms with Gasteiger partial charge in [-0.25, -0.2) is 4.98 Å². The van der Waals surface area contributed by atoms with Crippen LogP contribution in [0.2, 0.25) is 0 Å². The summed E-state index contributed by atoms with van der Waals surface area (Å²) in [6, 6.07) is 18.3. The van der Waals surface area contributed by atoms with Gasteiger partial charge in [-0.05, 0) is 23.3 Å². The van der Waals surface area contributed by atoms with E-state index >= 15 is 0 Å². The molecule has 0 amide bonds. The summed E-state index contributed by atoms with van der Waals surface area (Å²) in [5.41, 5.74) is 2.45. The van der Waals surface area contributed by atoms with Crippen LogP contribution in [-0.4, -0.2) is 22.3 Å². The molecule has 0 saturated carbocycles. The molecule has 0 bridgehead atoms. The largest absolute Gasteiger partial charge is 0.497 e. The SMILES string of the molecule is COc1ccc(Cc2nc(SCc3ccccc3)n[nH]2)cc1. The summed E-state index contributed by atoms with van der Waals surface area (Å²) in [6.45, 7) is 0. The van der Waals surface area contributed by atoms with Gasteiger partial charge in [0.05, 0.1) is 7.11 Å². The topological polar surface area (TPSA) is 50.8 Å². The number of methoxy groups -OCH3 is 1. The first kappa shape index (κ1) is 14.7. The minimum atomic E-state index is 0.739. The van der Waals surface area contributed by atoms with Gasteiger partial charge in [0, 0.05) is 12.2 Å². The van der Waals surface area contributed by atoms with Crippen LogP contribution in [0.4, 0.5) is 0 Å². The van der Waals surface area contributed by atoms with E-state index in [0.29, 0.717) is 0 Å². The molecule has 0 spiro atoms. The second kappa shape index (κ2) is 7.13. The van der Waals surface area contributed by atoms with Crippen molar-refractivity contribution in [1.82, 2.24) is 15.2 Å². The van der Waals surface area contributed by atoms with Crippen LogP contribution in [0.15, 0.2) is 59.8 Å². The van der Waals surface area contributed by atoms with Gasteiger partial charge in [0.1, 0.15) is 11.6 Å². The first-order chi connectivity index (χ1) is 10.8. The Hall–Kier alpha value is -2.27. The fraction of sp³-hybridized carbons (Fsp3) is 0.176. The van der Waals surface area contributed by atoms with Crippen molar-refractivity contribution in [2.24, 2.45) is 0 Å². The molecular formula is C17H17N3OS. The van der Waals surface area contributed by atoms with Gasteiger partial charge in [-0.2, -0.15) is 0 Å². The molecule has 0 unspecified atom stereocenters. The van der Waals surface area contributed by atoms with Crippen molar-refractivity contribution >= 4 is 11.8 Å². The lowest BCUT2D eigenvalue weighted by Crippen LogP contribution is -1.91. The quantitative estimate of drug-likeness (QED) is 0.705. The molecule has 0 saturated heterocycles. The summed E-state index contributed by atoms with van der Waals surface area (Å²) < 4.78 is 5.16. The first-order valence-electron chi connectivity index (χ1n) is 7.04. The van der Waals surface area contributed by atoms with Gasteiger partial charge in [-0.15, -0.1) is 5.10 Å². The van der Waals surface area contributed by atoms with Crippen LogP contribution in [0.1, 0.15) is 17.0 Å². The molecule has 0 aliphatic rings. The van der Waals surface area contributed by atoms with Crippen LogP contribution in [0.25, 0.3) is 0 Å². The normalized spacial score (nSPS) is 10.6. The Labute approximate surface area is 133 Å². The van der Waals surface area contributed by atoms with Crippen LogP contribution in [0, 0.1) is 0 Å². The third-order valence-corrected chi connectivity index (χ3v) is 4.17. The van der Waals surface area contributed by atoms with Crippen molar-refractivity contribution in [3.05, 3.63) is 71.5 Å². The zero-order valence-corrected chi connectivity index (χ0v) is 13.1. The highest BCUT2D eigenvalue weighted by Gasteiger charge is 2.05. The summed E-state index contributed by atoms with van der Waals surface area (Å²) >= 11 is 1.64. The van der Waals surface area contributed by atoms with E-state index in [1.807, 2.05) is 42.5 Å². The smallest absolute Gasteiger partial charge is 0.208 e. The van der Waals surface area contributed by atoms with Gasteiger partial charge in [0.2, 0.25) is 5.16 Å². The van der Waals surface area contributed by atoms with Crippen LogP contribution >= 0.6 is 11.8 Å². The third kappa shape index (κ3) is 3.89. The van der Waals surface area contributed by atoms with Crippen molar-refractivity contribution in [1.29, 1.82) is 0 Å². The summed E-state index contributed by atoms with van der Waals surface area (Å²) in [7, 11) is 1.67. The minimum absolute atomic E-state index is 0.739. The Morgan fingerprint density at radius 2 is 1.77 bits per heavy atom. The zero-order chi connectivity index (χ0) is 15.2.